The van der Waals surface area contributed by atoms with Crippen LogP contribution in [-0.2, 0) is 11.2 Å². The Hall–Kier alpha value is -1.22. The minimum absolute atomic E-state index is 0.529. The number of para-hydroxylation sites is 1. The van der Waals surface area contributed by atoms with E-state index in [0.717, 1.165) is 28.8 Å². The summed E-state index contributed by atoms with van der Waals surface area (Å²) in [5, 5.41) is 1.07. The first-order valence-electron chi connectivity index (χ1n) is 5.95. The molecule has 2 aromatic carbocycles. The van der Waals surface area contributed by atoms with Gasteiger partial charge in [-0.3, -0.25) is 0 Å². The summed E-state index contributed by atoms with van der Waals surface area (Å²) in [7, 11) is 1.68. The Morgan fingerprint density at radius 3 is 2.58 bits per heavy atom. The molecular formula is C15H15Cl2NO. The predicted octanol–water partition coefficient (Wildman–Crippen LogP) is 4.43. The molecule has 2 nitrogen and oxygen atoms in total. The van der Waals surface area contributed by atoms with E-state index in [2.05, 4.69) is 0 Å². The van der Waals surface area contributed by atoms with Crippen LogP contribution >= 0.6 is 23.2 Å². The van der Waals surface area contributed by atoms with E-state index in [1.165, 1.54) is 0 Å². The van der Waals surface area contributed by atoms with E-state index in [1.54, 1.807) is 13.2 Å². The van der Waals surface area contributed by atoms with Gasteiger partial charge < -0.3 is 10.5 Å². The van der Waals surface area contributed by atoms with Crippen LogP contribution in [0.1, 0.15) is 5.56 Å². The molecule has 0 saturated carbocycles. The van der Waals surface area contributed by atoms with E-state index in [0.29, 0.717) is 16.7 Å². The van der Waals surface area contributed by atoms with Gasteiger partial charge in [0.25, 0.3) is 0 Å². The number of hydrogen-bond donors (Lipinski definition) is 1. The molecule has 0 amide bonds. The molecule has 0 spiro atoms. The quantitative estimate of drug-likeness (QED) is 0.847. The molecular weight excluding hydrogens is 281 g/mol. The number of nitrogens with two attached hydrogens (primary N) is 1. The first kappa shape index (κ1) is 14.2. The standard InChI is InChI=1S/C15H15Cl2NO/c1-19-8-7-10-3-2-4-12(15(10)18)11-5-6-13(16)14(17)9-11/h2-6,9H,7-8,18H2,1H3. The van der Waals surface area contributed by atoms with Gasteiger partial charge in [-0.2, -0.15) is 0 Å². The van der Waals surface area contributed by atoms with Crippen molar-refractivity contribution in [2.24, 2.45) is 0 Å². The fourth-order valence-corrected chi connectivity index (χ4v) is 2.26. The Morgan fingerprint density at radius 1 is 1.11 bits per heavy atom. The lowest BCUT2D eigenvalue weighted by Crippen LogP contribution is -2.01. The minimum atomic E-state index is 0.529. The van der Waals surface area contributed by atoms with Gasteiger partial charge in [0, 0.05) is 18.4 Å². The zero-order chi connectivity index (χ0) is 13.8. The lowest BCUT2D eigenvalue weighted by Gasteiger charge is -2.11. The molecule has 100 valence electrons. The Balaban J connectivity index is 2.41. The first-order valence-corrected chi connectivity index (χ1v) is 6.71. The zero-order valence-corrected chi connectivity index (χ0v) is 12.1. The lowest BCUT2D eigenvalue weighted by molar-refractivity contribution is 0.202. The molecule has 0 atom stereocenters. The van der Waals surface area contributed by atoms with Gasteiger partial charge >= 0.3 is 0 Å². The highest BCUT2D eigenvalue weighted by molar-refractivity contribution is 6.42. The van der Waals surface area contributed by atoms with Crippen LogP contribution in [0.15, 0.2) is 36.4 Å². The number of benzene rings is 2. The van der Waals surface area contributed by atoms with Crippen LogP contribution in [-0.4, -0.2) is 13.7 Å². The molecule has 0 saturated heterocycles. The largest absolute Gasteiger partial charge is 0.398 e. The molecule has 0 aliphatic rings. The minimum Gasteiger partial charge on any atom is -0.398 e. The van der Waals surface area contributed by atoms with Crippen molar-refractivity contribution in [3.63, 3.8) is 0 Å². The fourth-order valence-electron chi connectivity index (χ4n) is 1.96. The van der Waals surface area contributed by atoms with Crippen molar-refractivity contribution in [2.45, 2.75) is 6.42 Å². The number of hydrogen-bond acceptors (Lipinski definition) is 2. The maximum absolute atomic E-state index is 6.21. The molecule has 0 fully saturated rings. The van der Waals surface area contributed by atoms with Crippen LogP contribution in [0.5, 0.6) is 0 Å². The van der Waals surface area contributed by atoms with Crippen molar-refractivity contribution in [1.29, 1.82) is 0 Å². The van der Waals surface area contributed by atoms with Gasteiger partial charge in [-0.15, -0.1) is 0 Å². The summed E-state index contributed by atoms with van der Waals surface area (Å²) in [5.41, 5.74) is 9.98. The van der Waals surface area contributed by atoms with Crippen LogP contribution in [0, 0.1) is 0 Å². The second-order valence-corrected chi connectivity index (χ2v) is 5.06. The van der Waals surface area contributed by atoms with Crippen molar-refractivity contribution in [2.75, 3.05) is 19.5 Å². The third-order valence-corrected chi connectivity index (χ3v) is 3.74. The zero-order valence-electron chi connectivity index (χ0n) is 10.6. The number of rotatable bonds is 4. The summed E-state index contributed by atoms with van der Waals surface area (Å²) in [6, 6.07) is 11.5. The van der Waals surface area contributed by atoms with E-state index in [9.17, 15) is 0 Å². The summed E-state index contributed by atoms with van der Waals surface area (Å²) >= 11 is 12.0. The normalized spacial score (nSPS) is 10.7. The Bertz CT molecular complexity index is 584. The van der Waals surface area contributed by atoms with Crippen molar-refractivity contribution >= 4 is 28.9 Å². The third kappa shape index (κ3) is 3.21. The predicted molar refractivity (Wildman–Crippen MR) is 81.9 cm³/mol. The summed E-state index contributed by atoms with van der Waals surface area (Å²) in [6.45, 7) is 0.648. The lowest BCUT2D eigenvalue weighted by atomic mass is 9.99. The van der Waals surface area contributed by atoms with Crippen molar-refractivity contribution in [3.8, 4) is 11.1 Å². The van der Waals surface area contributed by atoms with Crippen molar-refractivity contribution in [1.82, 2.24) is 0 Å². The molecule has 0 aliphatic heterocycles. The fraction of sp³-hybridized carbons (Fsp3) is 0.200. The highest BCUT2D eigenvalue weighted by Crippen LogP contribution is 2.33. The van der Waals surface area contributed by atoms with Gasteiger partial charge in [-0.25, -0.2) is 0 Å². The first-order chi connectivity index (χ1) is 9.13. The number of anilines is 1. The molecule has 0 radical (unpaired) electrons. The number of nitrogen functional groups attached to an aromatic ring is 1. The van der Waals surface area contributed by atoms with Gasteiger partial charge in [0.05, 0.1) is 16.7 Å². The summed E-state index contributed by atoms with van der Waals surface area (Å²) in [5.74, 6) is 0. The Labute approximate surface area is 123 Å². The average molecular weight is 296 g/mol. The highest BCUT2D eigenvalue weighted by atomic mass is 35.5. The molecule has 2 rings (SSSR count). The highest BCUT2D eigenvalue weighted by Gasteiger charge is 2.08. The van der Waals surface area contributed by atoms with Crippen LogP contribution in [0.3, 0.4) is 0 Å². The van der Waals surface area contributed by atoms with E-state index < -0.39 is 0 Å². The van der Waals surface area contributed by atoms with Gasteiger partial charge in [0.1, 0.15) is 0 Å². The van der Waals surface area contributed by atoms with E-state index >= 15 is 0 Å². The van der Waals surface area contributed by atoms with Crippen molar-refractivity contribution in [3.05, 3.63) is 52.0 Å². The van der Waals surface area contributed by atoms with Crippen LogP contribution < -0.4 is 5.73 Å². The number of methoxy groups -OCH3 is 1. The molecule has 2 N–H and O–H groups in total. The van der Waals surface area contributed by atoms with Gasteiger partial charge in [0.15, 0.2) is 0 Å². The Kier molecular flexibility index (Phi) is 4.70. The van der Waals surface area contributed by atoms with Crippen LogP contribution in [0.25, 0.3) is 11.1 Å². The van der Waals surface area contributed by atoms with Gasteiger partial charge in [0.2, 0.25) is 0 Å². The molecule has 19 heavy (non-hydrogen) atoms. The van der Waals surface area contributed by atoms with E-state index in [4.69, 9.17) is 33.7 Å². The topological polar surface area (TPSA) is 35.2 Å². The molecule has 2 aromatic rings. The van der Waals surface area contributed by atoms with Crippen LogP contribution in [0.2, 0.25) is 10.0 Å². The molecule has 0 bridgehead atoms. The molecule has 4 heteroatoms. The van der Waals surface area contributed by atoms with Gasteiger partial charge in [-0.05, 0) is 29.7 Å². The monoisotopic (exact) mass is 295 g/mol. The average Bonchev–Trinajstić information content (AvgIpc) is 2.41. The second kappa shape index (κ2) is 6.29. The molecule has 0 heterocycles. The molecule has 0 aromatic heterocycles. The molecule has 0 aliphatic carbocycles. The Morgan fingerprint density at radius 2 is 1.89 bits per heavy atom. The maximum Gasteiger partial charge on any atom is 0.0598 e. The summed E-state index contributed by atoms with van der Waals surface area (Å²) in [6.07, 6.45) is 0.789. The molecule has 0 unspecified atom stereocenters. The number of ether oxygens (including phenoxy) is 1. The maximum atomic E-state index is 6.21. The third-order valence-electron chi connectivity index (χ3n) is 3.00. The smallest absolute Gasteiger partial charge is 0.0598 e. The van der Waals surface area contributed by atoms with Gasteiger partial charge in [-0.1, -0.05) is 47.5 Å². The summed E-state index contributed by atoms with van der Waals surface area (Å²) < 4.78 is 5.09. The van der Waals surface area contributed by atoms with E-state index in [-0.39, 0.29) is 0 Å². The second-order valence-electron chi connectivity index (χ2n) is 4.25. The van der Waals surface area contributed by atoms with E-state index in [1.807, 2.05) is 30.3 Å². The van der Waals surface area contributed by atoms with Crippen molar-refractivity contribution < 1.29 is 4.74 Å². The summed E-state index contributed by atoms with van der Waals surface area (Å²) in [4.78, 5) is 0. The number of halogens is 2. The SMILES string of the molecule is COCCc1cccc(-c2ccc(Cl)c(Cl)c2)c1N. The van der Waals surface area contributed by atoms with Crippen LogP contribution in [0.4, 0.5) is 5.69 Å².